The summed E-state index contributed by atoms with van der Waals surface area (Å²) in [6.45, 7) is 0. The highest BCUT2D eigenvalue weighted by molar-refractivity contribution is 7.80. The zero-order valence-electron chi connectivity index (χ0n) is 16.2. The van der Waals surface area contributed by atoms with Crippen LogP contribution < -0.4 is 15.4 Å². The van der Waals surface area contributed by atoms with E-state index >= 15 is 0 Å². The number of hydrogen-bond donors (Lipinski definition) is 2. The third-order valence-electron chi connectivity index (χ3n) is 4.57. The lowest BCUT2D eigenvalue weighted by Crippen LogP contribution is -2.35. The number of fused-ring (bicyclic) bond motifs is 1. The van der Waals surface area contributed by atoms with Gasteiger partial charge in [-0.1, -0.05) is 60.7 Å². The first-order valence-electron chi connectivity index (χ1n) is 9.58. The van der Waals surface area contributed by atoms with Crippen LogP contribution in [-0.4, -0.2) is 11.0 Å². The van der Waals surface area contributed by atoms with Gasteiger partial charge in [0.1, 0.15) is 11.5 Å². The number of nitrogens with one attached hydrogen (secondary N) is 2. The molecule has 0 aliphatic rings. The van der Waals surface area contributed by atoms with Crippen molar-refractivity contribution in [2.75, 3.05) is 5.32 Å². The molecule has 4 rings (SSSR count). The van der Waals surface area contributed by atoms with E-state index in [0.29, 0.717) is 0 Å². The maximum atomic E-state index is 12.5. The van der Waals surface area contributed by atoms with Gasteiger partial charge in [0, 0.05) is 5.69 Å². The molecule has 148 valence electrons. The Balaban J connectivity index is 1.33. The van der Waals surface area contributed by atoms with Crippen molar-refractivity contribution < 1.29 is 9.53 Å². The fourth-order valence-electron chi connectivity index (χ4n) is 3.18. The number of carbonyl (C=O) groups is 1. The van der Waals surface area contributed by atoms with Gasteiger partial charge in [-0.25, -0.2) is 0 Å². The summed E-state index contributed by atoms with van der Waals surface area (Å²) in [5.74, 6) is 1.33. The Bertz CT molecular complexity index is 1170. The van der Waals surface area contributed by atoms with Crippen molar-refractivity contribution in [3.05, 3.63) is 103 Å². The van der Waals surface area contributed by atoms with Crippen LogP contribution in [0.3, 0.4) is 0 Å². The van der Waals surface area contributed by atoms with Gasteiger partial charge < -0.3 is 15.4 Å². The van der Waals surface area contributed by atoms with Crippen molar-refractivity contribution in [2.24, 2.45) is 0 Å². The van der Waals surface area contributed by atoms with E-state index in [2.05, 4.69) is 10.6 Å². The quantitative estimate of drug-likeness (QED) is 0.414. The molecule has 0 aliphatic carbocycles. The van der Waals surface area contributed by atoms with Crippen LogP contribution >= 0.6 is 12.2 Å². The standard InChI is InChI=1S/C25H20N2O2S/c28-24(17-19-9-6-8-18-7-4-5-12-23(18)19)27-25(30)26-20-13-15-22(16-14-20)29-21-10-2-1-3-11-21/h1-16H,17H2,(H2,26,27,28,30). The van der Waals surface area contributed by atoms with Crippen LogP contribution in [0.4, 0.5) is 5.69 Å². The predicted octanol–water partition coefficient (Wildman–Crippen LogP) is 5.69. The molecule has 0 aliphatic heterocycles. The van der Waals surface area contributed by atoms with Gasteiger partial charge in [0.25, 0.3) is 0 Å². The lowest BCUT2D eigenvalue weighted by Gasteiger charge is -2.11. The van der Waals surface area contributed by atoms with Crippen molar-refractivity contribution in [3.8, 4) is 11.5 Å². The fourth-order valence-corrected chi connectivity index (χ4v) is 3.42. The second-order valence-corrected chi connectivity index (χ2v) is 7.17. The maximum absolute atomic E-state index is 12.5. The largest absolute Gasteiger partial charge is 0.457 e. The zero-order chi connectivity index (χ0) is 20.8. The number of hydrogen-bond acceptors (Lipinski definition) is 3. The molecule has 2 N–H and O–H groups in total. The van der Waals surface area contributed by atoms with E-state index in [1.54, 1.807) is 0 Å². The minimum Gasteiger partial charge on any atom is -0.457 e. The molecule has 0 bridgehead atoms. The van der Waals surface area contributed by atoms with Gasteiger partial charge in [0.2, 0.25) is 5.91 Å². The molecule has 4 aromatic rings. The van der Waals surface area contributed by atoms with E-state index in [0.717, 1.165) is 33.5 Å². The number of ether oxygens (including phenoxy) is 1. The van der Waals surface area contributed by atoms with Crippen LogP contribution in [0.15, 0.2) is 97.1 Å². The molecule has 0 spiro atoms. The monoisotopic (exact) mass is 412 g/mol. The van der Waals surface area contributed by atoms with Crippen molar-refractivity contribution in [1.29, 1.82) is 0 Å². The number of rotatable bonds is 5. The molecule has 0 radical (unpaired) electrons. The highest BCUT2D eigenvalue weighted by Gasteiger charge is 2.09. The topological polar surface area (TPSA) is 50.4 Å². The minimum absolute atomic E-state index is 0.159. The summed E-state index contributed by atoms with van der Waals surface area (Å²) < 4.78 is 5.77. The first-order chi connectivity index (χ1) is 14.7. The second kappa shape index (κ2) is 9.20. The fraction of sp³-hybridized carbons (Fsp3) is 0.0400. The molecular weight excluding hydrogens is 392 g/mol. The zero-order valence-corrected chi connectivity index (χ0v) is 17.0. The number of thiocarbonyl (C=S) groups is 1. The van der Waals surface area contributed by atoms with Crippen LogP contribution in [0.2, 0.25) is 0 Å². The summed E-state index contributed by atoms with van der Waals surface area (Å²) in [5.41, 5.74) is 1.74. The molecular formula is C25H20N2O2S. The number of benzene rings is 4. The summed E-state index contributed by atoms with van der Waals surface area (Å²) in [6, 6.07) is 30.9. The summed E-state index contributed by atoms with van der Waals surface area (Å²) in [4.78, 5) is 12.5. The molecule has 4 aromatic carbocycles. The number of amides is 1. The van der Waals surface area contributed by atoms with Crippen LogP contribution in [0.25, 0.3) is 10.8 Å². The Morgan fingerprint density at radius 3 is 2.23 bits per heavy atom. The van der Waals surface area contributed by atoms with Gasteiger partial charge >= 0.3 is 0 Å². The highest BCUT2D eigenvalue weighted by atomic mass is 32.1. The Morgan fingerprint density at radius 1 is 0.767 bits per heavy atom. The molecule has 0 atom stereocenters. The Labute approximate surface area is 180 Å². The molecule has 5 heteroatoms. The van der Waals surface area contributed by atoms with Gasteiger partial charge in [-0.2, -0.15) is 0 Å². The second-order valence-electron chi connectivity index (χ2n) is 6.76. The third-order valence-corrected chi connectivity index (χ3v) is 4.78. The van der Waals surface area contributed by atoms with Gasteiger partial charge in [-0.3, -0.25) is 4.79 Å². The van der Waals surface area contributed by atoms with Crippen LogP contribution in [0, 0.1) is 0 Å². The average Bonchev–Trinajstić information content (AvgIpc) is 2.76. The van der Waals surface area contributed by atoms with Gasteiger partial charge in [0.05, 0.1) is 6.42 Å². The molecule has 0 unspecified atom stereocenters. The summed E-state index contributed by atoms with van der Waals surface area (Å²) in [7, 11) is 0. The number of para-hydroxylation sites is 1. The van der Waals surface area contributed by atoms with E-state index in [1.807, 2.05) is 97.1 Å². The minimum atomic E-state index is -0.159. The van der Waals surface area contributed by atoms with Gasteiger partial charge in [-0.05, 0) is 65.0 Å². The van der Waals surface area contributed by atoms with E-state index in [4.69, 9.17) is 17.0 Å². The molecule has 0 saturated heterocycles. The van der Waals surface area contributed by atoms with Crippen molar-refractivity contribution in [2.45, 2.75) is 6.42 Å². The average molecular weight is 413 g/mol. The molecule has 30 heavy (non-hydrogen) atoms. The number of anilines is 1. The summed E-state index contributed by atoms with van der Waals surface area (Å²) in [5, 5.41) is 8.22. The van der Waals surface area contributed by atoms with E-state index < -0.39 is 0 Å². The smallest absolute Gasteiger partial charge is 0.230 e. The van der Waals surface area contributed by atoms with Crippen molar-refractivity contribution >= 4 is 39.7 Å². The van der Waals surface area contributed by atoms with Crippen LogP contribution in [0.1, 0.15) is 5.56 Å². The SMILES string of the molecule is O=C(Cc1cccc2ccccc12)NC(=S)Nc1ccc(Oc2ccccc2)cc1. The molecule has 4 nitrogen and oxygen atoms in total. The summed E-state index contributed by atoms with van der Waals surface area (Å²) >= 11 is 5.29. The van der Waals surface area contributed by atoms with Gasteiger partial charge in [-0.15, -0.1) is 0 Å². The normalized spacial score (nSPS) is 10.4. The lowest BCUT2D eigenvalue weighted by molar-refractivity contribution is -0.119. The Morgan fingerprint density at radius 2 is 1.43 bits per heavy atom. The lowest BCUT2D eigenvalue weighted by atomic mass is 10.0. The van der Waals surface area contributed by atoms with E-state index in [9.17, 15) is 4.79 Å². The predicted molar refractivity (Wildman–Crippen MR) is 125 cm³/mol. The Kier molecular flexibility index (Phi) is 6.01. The van der Waals surface area contributed by atoms with Crippen LogP contribution in [0.5, 0.6) is 11.5 Å². The highest BCUT2D eigenvalue weighted by Crippen LogP contribution is 2.22. The van der Waals surface area contributed by atoms with Crippen LogP contribution in [-0.2, 0) is 11.2 Å². The first kappa shape index (κ1) is 19.6. The van der Waals surface area contributed by atoms with E-state index in [-0.39, 0.29) is 17.4 Å². The third kappa shape index (κ3) is 5.01. The first-order valence-corrected chi connectivity index (χ1v) is 9.99. The molecule has 0 fully saturated rings. The van der Waals surface area contributed by atoms with Crippen molar-refractivity contribution in [3.63, 3.8) is 0 Å². The maximum Gasteiger partial charge on any atom is 0.230 e. The number of carbonyl (C=O) groups excluding carboxylic acids is 1. The Hall–Kier alpha value is -3.70. The van der Waals surface area contributed by atoms with E-state index in [1.165, 1.54) is 0 Å². The van der Waals surface area contributed by atoms with Gasteiger partial charge in [0.15, 0.2) is 5.11 Å². The summed E-state index contributed by atoms with van der Waals surface area (Å²) in [6.07, 6.45) is 0.257. The van der Waals surface area contributed by atoms with Crippen molar-refractivity contribution in [1.82, 2.24) is 5.32 Å². The molecule has 0 aromatic heterocycles. The molecule has 1 amide bonds. The molecule has 0 heterocycles. The molecule has 0 saturated carbocycles.